The normalized spacial score (nSPS) is 10.9. The Morgan fingerprint density at radius 2 is 1.79 bits per heavy atom. The molecule has 3 aromatic rings. The van der Waals surface area contributed by atoms with Gasteiger partial charge in [0.2, 0.25) is 0 Å². The number of hydrogen-bond donors (Lipinski definition) is 0. The number of ether oxygens (including phenoxy) is 1. The van der Waals surface area contributed by atoms with Gasteiger partial charge in [-0.1, -0.05) is 29.8 Å². The molecule has 0 amide bonds. The summed E-state index contributed by atoms with van der Waals surface area (Å²) < 4.78 is 12.0. The zero-order valence-electron chi connectivity index (χ0n) is 13.7. The van der Waals surface area contributed by atoms with Gasteiger partial charge in [-0.3, -0.25) is 4.57 Å². The van der Waals surface area contributed by atoms with Crippen molar-refractivity contribution in [2.24, 2.45) is 0 Å². The lowest BCUT2D eigenvalue weighted by atomic mass is 10.1. The third-order valence-electron chi connectivity index (χ3n) is 3.94. The molecule has 0 atom stereocenters. The summed E-state index contributed by atoms with van der Waals surface area (Å²) in [5, 5.41) is 0.425. The molecule has 5 nitrogen and oxygen atoms in total. The number of hydrogen-bond acceptors (Lipinski definition) is 4. The molecule has 0 aliphatic heterocycles. The standard InChI is InChI=1S/C19H19NO4/c1-13-7-9-15(10-8-13)23-12-4-11-20-17-14(2)5-3-6-16(17)18(21)24-19(20)22/h3,5-10H,4,11-12H2,1-2H3. The molecule has 24 heavy (non-hydrogen) atoms. The van der Waals surface area contributed by atoms with Crippen LogP contribution in [0.2, 0.25) is 0 Å². The minimum Gasteiger partial charge on any atom is -0.494 e. The van der Waals surface area contributed by atoms with Gasteiger partial charge in [-0.05, 0) is 44.0 Å². The number of benzene rings is 2. The summed E-state index contributed by atoms with van der Waals surface area (Å²) in [6, 6.07) is 13.1. The highest BCUT2D eigenvalue weighted by atomic mass is 16.5. The molecule has 0 aliphatic carbocycles. The lowest BCUT2D eigenvalue weighted by molar-refractivity contribution is 0.296. The Kier molecular flexibility index (Phi) is 4.51. The summed E-state index contributed by atoms with van der Waals surface area (Å²) >= 11 is 0. The maximum absolute atomic E-state index is 12.1. The molecule has 1 aromatic heterocycles. The van der Waals surface area contributed by atoms with E-state index >= 15 is 0 Å². The van der Waals surface area contributed by atoms with Crippen LogP contribution in [-0.2, 0) is 6.54 Å². The average Bonchev–Trinajstić information content (AvgIpc) is 2.56. The van der Waals surface area contributed by atoms with Crippen molar-refractivity contribution < 1.29 is 9.15 Å². The predicted octanol–water partition coefficient (Wildman–Crippen LogP) is 3.04. The molecule has 124 valence electrons. The molecule has 0 aliphatic rings. The van der Waals surface area contributed by atoms with Crippen molar-refractivity contribution in [3.63, 3.8) is 0 Å². The van der Waals surface area contributed by atoms with Gasteiger partial charge in [0.05, 0.1) is 17.5 Å². The van der Waals surface area contributed by atoms with Gasteiger partial charge in [0, 0.05) is 6.54 Å². The first-order valence-corrected chi connectivity index (χ1v) is 7.89. The molecule has 1 heterocycles. The molecule has 0 bridgehead atoms. The van der Waals surface area contributed by atoms with Gasteiger partial charge in [-0.15, -0.1) is 0 Å². The second kappa shape index (κ2) is 6.74. The Labute approximate surface area is 139 Å². The van der Waals surface area contributed by atoms with Crippen molar-refractivity contribution >= 4 is 10.9 Å². The molecule has 0 fully saturated rings. The predicted molar refractivity (Wildman–Crippen MR) is 92.8 cm³/mol. The Balaban J connectivity index is 1.77. The maximum atomic E-state index is 12.1. The fourth-order valence-corrected chi connectivity index (χ4v) is 2.71. The van der Waals surface area contributed by atoms with E-state index in [-0.39, 0.29) is 0 Å². The first-order chi connectivity index (χ1) is 11.6. The molecule has 5 heteroatoms. The van der Waals surface area contributed by atoms with E-state index in [9.17, 15) is 9.59 Å². The summed E-state index contributed by atoms with van der Waals surface area (Å²) in [5.41, 5.74) is 2.09. The van der Waals surface area contributed by atoms with Gasteiger partial charge in [-0.25, -0.2) is 9.59 Å². The van der Waals surface area contributed by atoms with Crippen molar-refractivity contribution in [2.45, 2.75) is 26.8 Å². The Hall–Kier alpha value is -2.82. The highest BCUT2D eigenvalue weighted by molar-refractivity contribution is 5.80. The van der Waals surface area contributed by atoms with Crippen LogP contribution in [0.4, 0.5) is 0 Å². The number of nitrogens with zero attached hydrogens (tertiary/aromatic N) is 1. The smallest absolute Gasteiger partial charge is 0.422 e. The highest BCUT2D eigenvalue weighted by Crippen LogP contribution is 2.15. The van der Waals surface area contributed by atoms with Gasteiger partial charge in [0.1, 0.15) is 5.75 Å². The lowest BCUT2D eigenvalue weighted by Crippen LogP contribution is -2.26. The molecule has 3 rings (SSSR count). The van der Waals surface area contributed by atoms with Gasteiger partial charge in [0.15, 0.2) is 0 Å². The van der Waals surface area contributed by atoms with Gasteiger partial charge < -0.3 is 9.15 Å². The van der Waals surface area contributed by atoms with E-state index in [2.05, 4.69) is 0 Å². The molecule has 0 saturated carbocycles. The summed E-state index contributed by atoms with van der Waals surface area (Å²) in [7, 11) is 0. The van der Waals surface area contributed by atoms with Crippen LogP contribution in [0, 0.1) is 13.8 Å². The van der Waals surface area contributed by atoms with Crippen LogP contribution >= 0.6 is 0 Å². The quantitative estimate of drug-likeness (QED) is 0.677. The first kappa shape index (κ1) is 16.1. The Morgan fingerprint density at radius 3 is 2.54 bits per heavy atom. The van der Waals surface area contributed by atoms with E-state index < -0.39 is 11.4 Å². The third-order valence-corrected chi connectivity index (χ3v) is 3.94. The zero-order chi connectivity index (χ0) is 17.1. The molecule has 2 aromatic carbocycles. The number of aryl methyl sites for hydroxylation is 3. The summed E-state index contributed by atoms with van der Waals surface area (Å²) in [5.74, 6) is 0.172. The zero-order valence-corrected chi connectivity index (χ0v) is 13.7. The number of aromatic nitrogens is 1. The number of fused-ring (bicyclic) bond motifs is 1. The van der Waals surface area contributed by atoms with E-state index in [0.29, 0.717) is 30.5 Å². The van der Waals surface area contributed by atoms with E-state index in [4.69, 9.17) is 9.15 Å². The molecule has 0 radical (unpaired) electrons. The number of para-hydroxylation sites is 1. The summed E-state index contributed by atoms with van der Waals surface area (Å²) in [4.78, 5) is 23.9. The Morgan fingerprint density at radius 1 is 1.04 bits per heavy atom. The lowest BCUT2D eigenvalue weighted by Gasteiger charge is -2.11. The van der Waals surface area contributed by atoms with E-state index in [1.807, 2.05) is 44.2 Å². The second-order valence-electron chi connectivity index (χ2n) is 5.79. The van der Waals surface area contributed by atoms with Crippen LogP contribution in [0.15, 0.2) is 56.5 Å². The molecule has 0 saturated heterocycles. The average molecular weight is 325 g/mol. The van der Waals surface area contributed by atoms with Gasteiger partial charge >= 0.3 is 11.4 Å². The van der Waals surface area contributed by atoms with Gasteiger partial charge in [-0.2, -0.15) is 0 Å². The fraction of sp³-hybridized carbons (Fsp3) is 0.263. The second-order valence-corrected chi connectivity index (χ2v) is 5.79. The van der Waals surface area contributed by atoms with Crippen molar-refractivity contribution in [2.75, 3.05) is 6.61 Å². The molecule has 0 spiro atoms. The minimum absolute atomic E-state index is 0.425. The monoisotopic (exact) mass is 325 g/mol. The van der Waals surface area contributed by atoms with E-state index in [1.54, 1.807) is 12.1 Å². The minimum atomic E-state index is -0.628. The maximum Gasteiger partial charge on any atom is 0.422 e. The molecular formula is C19H19NO4. The Bertz CT molecular complexity index is 967. The summed E-state index contributed by atoms with van der Waals surface area (Å²) in [6.07, 6.45) is 0.630. The topological polar surface area (TPSA) is 61.4 Å². The van der Waals surface area contributed by atoms with Crippen LogP contribution in [0.5, 0.6) is 5.75 Å². The molecule has 0 unspecified atom stereocenters. The van der Waals surface area contributed by atoms with Crippen molar-refractivity contribution in [3.8, 4) is 5.75 Å². The van der Waals surface area contributed by atoms with Crippen LogP contribution in [0.1, 0.15) is 17.5 Å². The van der Waals surface area contributed by atoms with Crippen LogP contribution in [0.25, 0.3) is 10.9 Å². The highest BCUT2D eigenvalue weighted by Gasteiger charge is 2.11. The van der Waals surface area contributed by atoms with E-state index in [0.717, 1.165) is 11.3 Å². The van der Waals surface area contributed by atoms with Crippen molar-refractivity contribution in [3.05, 3.63) is 74.6 Å². The van der Waals surface area contributed by atoms with Crippen LogP contribution < -0.4 is 16.1 Å². The van der Waals surface area contributed by atoms with E-state index in [1.165, 1.54) is 10.1 Å². The van der Waals surface area contributed by atoms with Crippen molar-refractivity contribution in [1.29, 1.82) is 0 Å². The largest absolute Gasteiger partial charge is 0.494 e. The van der Waals surface area contributed by atoms with Crippen molar-refractivity contribution in [1.82, 2.24) is 4.57 Å². The van der Waals surface area contributed by atoms with Crippen LogP contribution in [0.3, 0.4) is 0 Å². The van der Waals surface area contributed by atoms with Crippen LogP contribution in [-0.4, -0.2) is 11.2 Å². The molecule has 0 N–H and O–H groups in total. The third kappa shape index (κ3) is 3.25. The molecular weight excluding hydrogens is 306 g/mol. The fourth-order valence-electron chi connectivity index (χ4n) is 2.71. The van der Waals surface area contributed by atoms with Gasteiger partial charge in [0.25, 0.3) is 0 Å². The SMILES string of the molecule is Cc1ccc(OCCCn2c(=O)oc(=O)c3cccc(C)c32)cc1. The number of rotatable bonds is 5. The summed E-state index contributed by atoms with van der Waals surface area (Å²) in [6.45, 7) is 4.80. The first-order valence-electron chi connectivity index (χ1n) is 7.89.